The summed E-state index contributed by atoms with van der Waals surface area (Å²) in [6.45, 7) is 29.9. The number of hydrogen-bond donors (Lipinski definition) is 0. The molecule has 13 aliphatic rings. The van der Waals surface area contributed by atoms with E-state index in [-0.39, 0.29) is 40.2 Å². The van der Waals surface area contributed by atoms with Crippen molar-refractivity contribution < 1.29 is 42.9 Å². The van der Waals surface area contributed by atoms with Crippen molar-refractivity contribution in [2.24, 2.45) is 75.4 Å². The van der Waals surface area contributed by atoms with Gasteiger partial charge < -0.3 is 33.3 Å². The van der Waals surface area contributed by atoms with Gasteiger partial charge in [0.2, 0.25) is 0 Å². The Kier molecular flexibility index (Phi) is 27.0. The number of ketones is 2. The molecule has 10 unspecified atom stereocenters. The molecule has 9 nitrogen and oxygen atoms in total. The fourth-order valence-electron chi connectivity index (χ4n) is 23.2. The SMILES string of the molecule is CC#C[C@@]1(C)CCC2c3ccc(OC)cc3CCC2C1CC=O.CC#C[C@H](C)CCC=O.CC(=O)[C@@]12O[C@@H]1CC[C@H]2C.CCC1=CCC2C3CCc4cc(OC)ccc4C3CC[C@]12C.CCC1=CCC[C@H]1C.CCC1=CCC[C@H]1C.COc1ccc2c(c1)CCC1C2CC[C@@]2(C)C1CC1O[C@]12C(C)=O. The first-order valence-electron chi connectivity index (χ1n) is 41.2. The summed E-state index contributed by atoms with van der Waals surface area (Å²) in [4.78, 5) is 44.6. The van der Waals surface area contributed by atoms with E-state index in [4.69, 9.17) is 23.7 Å². The average molecular weight is 1420 g/mol. The molecule has 11 aliphatic carbocycles. The second-order valence-electron chi connectivity index (χ2n) is 34.2. The topological polar surface area (TPSA) is 121 Å². The molecule has 2 heterocycles. The lowest BCUT2D eigenvalue weighted by Crippen LogP contribution is -2.49. The normalized spacial score (nSPS) is 35.3. The Balaban J connectivity index is 0.000000137. The van der Waals surface area contributed by atoms with Crippen LogP contribution in [0.25, 0.3) is 0 Å². The van der Waals surface area contributed by atoms with Gasteiger partial charge >= 0.3 is 0 Å². The number of methoxy groups -OCH3 is 3. The quantitative estimate of drug-likeness (QED) is 0.0713. The van der Waals surface area contributed by atoms with Gasteiger partial charge in [-0.2, -0.15) is 0 Å². The molecule has 3 aromatic carbocycles. The average Bonchev–Trinajstić information content (AvgIpc) is 1.49. The van der Waals surface area contributed by atoms with E-state index in [9.17, 15) is 19.2 Å². The van der Waals surface area contributed by atoms with Gasteiger partial charge in [0.15, 0.2) is 22.8 Å². The molecule has 7 fully saturated rings. The fraction of sp³-hybridized carbons (Fsp3) is 0.663. The summed E-state index contributed by atoms with van der Waals surface area (Å²) in [5.41, 5.74) is 14.0. The Morgan fingerprint density at radius 2 is 1.11 bits per heavy atom. The molecule has 20 atom stereocenters. The van der Waals surface area contributed by atoms with Crippen molar-refractivity contribution in [2.45, 2.75) is 305 Å². The lowest BCUT2D eigenvalue weighted by Gasteiger charge is -2.51. The highest BCUT2D eigenvalue weighted by Gasteiger charge is 2.79. The van der Waals surface area contributed by atoms with Gasteiger partial charge in [0.1, 0.15) is 29.8 Å². The molecule has 0 bridgehead atoms. The molecule has 5 saturated carbocycles. The number of allylic oxidation sites excluding steroid dienone is 6. The number of rotatable bonds is 13. The Bertz CT molecular complexity index is 3700. The van der Waals surface area contributed by atoms with E-state index in [2.05, 4.69) is 159 Å². The van der Waals surface area contributed by atoms with Gasteiger partial charge in [-0.15, -0.1) is 17.8 Å². The molecule has 0 amide bonds. The van der Waals surface area contributed by atoms with Crippen molar-refractivity contribution in [1.82, 2.24) is 0 Å². The first-order chi connectivity index (χ1) is 50.0. The third-order valence-corrected chi connectivity index (χ3v) is 29.1. The summed E-state index contributed by atoms with van der Waals surface area (Å²) >= 11 is 0. The molecule has 2 saturated heterocycles. The molecule has 9 heteroatoms. The zero-order valence-electron chi connectivity index (χ0n) is 67.3. The highest BCUT2D eigenvalue weighted by Crippen LogP contribution is 2.72. The number of hydrogen-bond acceptors (Lipinski definition) is 9. The van der Waals surface area contributed by atoms with E-state index >= 15 is 0 Å². The minimum Gasteiger partial charge on any atom is -0.497 e. The molecule has 2 aliphatic heterocycles. The van der Waals surface area contributed by atoms with Gasteiger partial charge in [0.05, 0.1) is 33.5 Å². The molecule has 0 N–H and O–H groups in total. The zero-order valence-corrected chi connectivity index (χ0v) is 67.3. The van der Waals surface area contributed by atoms with Crippen LogP contribution in [0.5, 0.6) is 17.2 Å². The number of Topliss-reactive ketones (excluding diaryl/α,β-unsaturated/α-hetero) is 2. The fourth-order valence-corrected chi connectivity index (χ4v) is 23.2. The van der Waals surface area contributed by atoms with E-state index in [1.54, 1.807) is 63.0 Å². The molecule has 16 rings (SSSR count). The van der Waals surface area contributed by atoms with Gasteiger partial charge in [-0.25, -0.2) is 0 Å². The highest BCUT2D eigenvalue weighted by molar-refractivity contribution is 5.90. The van der Waals surface area contributed by atoms with Crippen LogP contribution in [-0.2, 0) is 47.9 Å². The van der Waals surface area contributed by atoms with Gasteiger partial charge in [-0.3, -0.25) is 9.59 Å². The van der Waals surface area contributed by atoms with Crippen LogP contribution in [0.4, 0.5) is 0 Å². The van der Waals surface area contributed by atoms with E-state index < -0.39 is 5.60 Å². The largest absolute Gasteiger partial charge is 0.497 e. The van der Waals surface area contributed by atoms with Crippen molar-refractivity contribution in [3.05, 3.63) is 123 Å². The summed E-state index contributed by atoms with van der Waals surface area (Å²) in [5.74, 6) is 24.4. The summed E-state index contributed by atoms with van der Waals surface area (Å²) in [6.07, 6.45) is 40.4. The number of ether oxygens (including phenoxy) is 5. The number of epoxide rings is 2. The summed E-state index contributed by atoms with van der Waals surface area (Å²) in [5, 5.41) is 0. The van der Waals surface area contributed by atoms with Crippen LogP contribution in [-0.4, -0.2) is 68.9 Å². The van der Waals surface area contributed by atoms with Crippen LogP contribution >= 0.6 is 0 Å². The molecule has 0 radical (unpaired) electrons. The van der Waals surface area contributed by atoms with Gasteiger partial charge in [0.25, 0.3) is 0 Å². The maximum Gasteiger partial charge on any atom is 0.164 e. The zero-order chi connectivity index (χ0) is 74.9. The second kappa shape index (κ2) is 34.9. The van der Waals surface area contributed by atoms with E-state index in [0.29, 0.717) is 65.6 Å². The number of carbonyl (C=O) groups excluding carboxylic acids is 4. The Morgan fingerprint density at radius 3 is 1.52 bits per heavy atom. The van der Waals surface area contributed by atoms with Crippen LogP contribution in [0.2, 0.25) is 0 Å². The van der Waals surface area contributed by atoms with Crippen molar-refractivity contribution >= 4 is 24.1 Å². The third-order valence-electron chi connectivity index (χ3n) is 29.1. The second-order valence-corrected chi connectivity index (χ2v) is 34.2. The Labute approximate surface area is 629 Å². The molecule has 566 valence electrons. The van der Waals surface area contributed by atoms with Gasteiger partial charge in [0, 0.05) is 29.6 Å². The predicted octanol–water partition coefficient (Wildman–Crippen LogP) is 22.0. The number of fused-ring (bicyclic) bond motifs is 16. The third kappa shape index (κ3) is 16.2. The van der Waals surface area contributed by atoms with Crippen LogP contribution in [0.15, 0.2) is 89.5 Å². The van der Waals surface area contributed by atoms with Crippen LogP contribution < -0.4 is 14.2 Å². The first kappa shape index (κ1) is 80.5. The maximum absolute atomic E-state index is 12.4. The van der Waals surface area contributed by atoms with Crippen molar-refractivity contribution in [3.63, 3.8) is 0 Å². The molecule has 0 spiro atoms. The van der Waals surface area contributed by atoms with Crippen molar-refractivity contribution in [3.8, 4) is 40.9 Å². The highest BCUT2D eigenvalue weighted by atomic mass is 16.6. The number of aldehydes is 2. The maximum atomic E-state index is 12.4. The predicted molar refractivity (Wildman–Crippen MR) is 423 cm³/mol. The van der Waals surface area contributed by atoms with Crippen LogP contribution in [0, 0.1) is 99.1 Å². The van der Waals surface area contributed by atoms with Crippen LogP contribution in [0.3, 0.4) is 0 Å². The van der Waals surface area contributed by atoms with E-state index in [0.717, 1.165) is 117 Å². The monoisotopic (exact) mass is 1420 g/mol. The lowest BCUT2D eigenvalue weighted by atomic mass is 9.53. The van der Waals surface area contributed by atoms with Crippen molar-refractivity contribution in [2.75, 3.05) is 21.3 Å². The van der Waals surface area contributed by atoms with Gasteiger partial charge in [-0.05, 0) is 335 Å². The molecular weight excluding hydrogens is 1290 g/mol. The van der Waals surface area contributed by atoms with E-state index in [1.807, 2.05) is 20.8 Å². The lowest BCUT2D eigenvalue weighted by molar-refractivity contribution is -0.131. The number of carbonyl (C=O) groups is 4. The molecule has 3 aromatic rings. The number of aryl methyl sites for hydroxylation is 3. The summed E-state index contributed by atoms with van der Waals surface area (Å²) in [7, 11) is 5.24. The van der Waals surface area contributed by atoms with Crippen molar-refractivity contribution in [1.29, 1.82) is 0 Å². The minimum atomic E-state index is -0.442. The smallest absolute Gasteiger partial charge is 0.164 e. The number of benzene rings is 3. The minimum absolute atomic E-state index is 0.0131. The van der Waals surface area contributed by atoms with Crippen LogP contribution in [0.1, 0.15) is 296 Å². The molecule has 0 aromatic heterocycles. The standard InChI is InChI=1S/C21H26O3.C21H26O2.C21H28O.C8H12O2.C8H12O.2C8H14/c1-12(22)21-19(24-21)11-18-17-6-4-13-10-14(23-3)5-7-15(13)16(17)8-9-20(18,21)2;1-4-11-21(2)12-9-18-17-8-6-16(23-3)14-15(17)5-7-19(18)20(21)10-13-22;1-4-15-6-10-20-19-8-5-14-13-16(22-3)7-9-17(14)18(19)11-12-21(15,20)2;1-5-3-4-7-8(5,10-7)6(2)9;1-3-5-8(2)6-4-7-9;2*1-3-8-6-4-5-7(8)2/h5,7,10,16-19H,4,6,8-9,11H2,1-3H3;6,8,13-14,18-20H,5,7,9-10,12H2,1-3H3;6-7,9,13,18-20H,4-5,8,10-12H2,1-3H3;5,7H,3-4H2,1-2H3;7-8H,4,6H2,1-2H3;2*6-7H,3-5H2,1-2H3/t16?,17?,18?,19?,20-,21+;2*18?,19?,20?,21-;5-,7-,8-;8-;2*7-/m0011011/s1. The molecular formula is C95H132O9. The Morgan fingerprint density at radius 1 is 0.587 bits per heavy atom. The summed E-state index contributed by atoms with van der Waals surface area (Å²) in [6, 6.07) is 20.0. The first-order valence-corrected chi connectivity index (χ1v) is 41.2. The Hall–Kier alpha value is -6.00. The summed E-state index contributed by atoms with van der Waals surface area (Å²) < 4.78 is 27.6. The van der Waals surface area contributed by atoms with E-state index in [1.165, 1.54) is 119 Å². The van der Waals surface area contributed by atoms with Gasteiger partial charge in [-0.1, -0.05) is 121 Å². The molecule has 104 heavy (non-hydrogen) atoms.